The second-order valence-electron chi connectivity index (χ2n) is 8.75. The summed E-state index contributed by atoms with van der Waals surface area (Å²) in [6.07, 6.45) is 2.20. The standard InChI is InChI=1S/C25H30N2O4/c1-18-6-8-20(9-7-18)23-15-22(31-26-23)16-25(24(28)29)10-12-27(13-11-25)17-19-4-3-5-21(14-19)30-2/h3-9,14,22H,10-13,15-17H2,1-2H3,(H,28,29). The van der Waals surface area contributed by atoms with E-state index in [1.807, 2.05) is 30.3 Å². The molecule has 6 nitrogen and oxygen atoms in total. The van der Waals surface area contributed by atoms with Crippen LogP contribution in [0.2, 0.25) is 0 Å². The number of benzene rings is 2. The van der Waals surface area contributed by atoms with E-state index in [4.69, 9.17) is 9.57 Å². The summed E-state index contributed by atoms with van der Waals surface area (Å²) in [5, 5.41) is 14.3. The quantitative estimate of drug-likeness (QED) is 0.722. The van der Waals surface area contributed by atoms with Crippen molar-refractivity contribution in [1.82, 2.24) is 4.90 Å². The second-order valence-corrected chi connectivity index (χ2v) is 8.75. The van der Waals surface area contributed by atoms with Crippen LogP contribution in [0.4, 0.5) is 0 Å². The van der Waals surface area contributed by atoms with Crippen LogP contribution in [0.25, 0.3) is 0 Å². The maximum atomic E-state index is 12.3. The van der Waals surface area contributed by atoms with Gasteiger partial charge in [-0.25, -0.2) is 0 Å². The third-order valence-corrected chi connectivity index (χ3v) is 6.54. The molecule has 0 aliphatic carbocycles. The van der Waals surface area contributed by atoms with E-state index < -0.39 is 11.4 Å². The summed E-state index contributed by atoms with van der Waals surface area (Å²) in [4.78, 5) is 20.3. The molecule has 0 radical (unpaired) electrons. The van der Waals surface area contributed by atoms with E-state index in [9.17, 15) is 9.90 Å². The Morgan fingerprint density at radius 2 is 1.97 bits per heavy atom. The fourth-order valence-electron chi connectivity index (χ4n) is 4.56. The normalized spacial score (nSPS) is 20.7. The average molecular weight is 423 g/mol. The van der Waals surface area contributed by atoms with Crippen LogP contribution >= 0.6 is 0 Å². The minimum absolute atomic E-state index is 0.183. The van der Waals surface area contributed by atoms with Crippen molar-refractivity contribution >= 4 is 11.7 Å². The van der Waals surface area contributed by atoms with Gasteiger partial charge in [0.05, 0.1) is 18.2 Å². The maximum absolute atomic E-state index is 12.3. The van der Waals surface area contributed by atoms with E-state index in [0.717, 1.165) is 36.7 Å². The molecule has 1 saturated heterocycles. The summed E-state index contributed by atoms with van der Waals surface area (Å²) < 4.78 is 5.31. The van der Waals surface area contributed by atoms with Crippen molar-refractivity contribution in [3.63, 3.8) is 0 Å². The number of carbonyl (C=O) groups is 1. The molecule has 0 amide bonds. The van der Waals surface area contributed by atoms with E-state index in [2.05, 4.69) is 35.2 Å². The molecule has 1 atom stereocenters. The average Bonchev–Trinajstić information content (AvgIpc) is 3.24. The number of hydrogen-bond acceptors (Lipinski definition) is 5. The Morgan fingerprint density at radius 3 is 2.65 bits per heavy atom. The van der Waals surface area contributed by atoms with Gasteiger partial charge in [-0.15, -0.1) is 0 Å². The summed E-state index contributed by atoms with van der Waals surface area (Å²) in [7, 11) is 1.67. The van der Waals surface area contributed by atoms with Gasteiger partial charge in [0.15, 0.2) is 0 Å². The molecule has 1 N–H and O–H groups in total. The molecule has 0 spiro atoms. The summed E-state index contributed by atoms with van der Waals surface area (Å²) >= 11 is 0. The van der Waals surface area contributed by atoms with Gasteiger partial charge in [0.2, 0.25) is 0 Å². The van der Waals surface area contributed by atoms with Crippen LogP contribution in [0.3, 0.4) is 0 Å². The van der Waals surface area contributed by atoms with Crippen molar-refractivity contribution < 1.29 is 19.5 Å². The molecule has 31 heavy (non-hydrogen) atoms. The number of carboxylic acids is 1. The van der Waals surface area contributed by atoms with Gasteiger partial charge in [-0.05, 0) is 56.1 Å². The lowest BCUT2D eigenvalue weighted by Crippen LogP contribution is -2.45. The predicted molar refractivity (Wildman–Crippen MR) is 119 cm³/mol. The first-order valence-electron chi connectivity index (χ1n) is 10.9. The van der Waals surface area contributed by atoms with Crippen LogP contribution in [-0.4, -0.2) is 48.0 Å². The van der Waals surface area contributed by atoms with Gasteiger partial charge in [-0.2, -0.15) is 0 Å². The Hall–Kier alpha value is -2.86. The number of carboxylic acid groups (broad SMARTS) is 1. The zero-order valence-corrected chi connectivity index (χ0v) is 18.2. The van der Waals surface area contributed by atoms with Gasteiger partial charge in [0.1, 0.15) is 11.9 Å². The van der Waals surface area contributed by atoms with Crippen molar-refractivity contribution in [2.24, 2.45) is 10.6 Å². The van der Waals surface area contributed by atoms with Crippen molar-refractivity contribution in [1.29, 1.82) is 0 Å². The van der Waals surface area contributed by atoms with Gasteiger partial charge in [-0.3, -0.25) is 9.69 Å². The number of ether oxygens (including phenoxy) is 1. The van der Waals surface area contributed by atoms with E-state index in [1.165, 1.54) is 11.1 Å². The number of aryl methyl sites for hydroxylation is 1. The Kier molecular flexibility index (Phi) is 6.28. The molecule has 1 fully saturated rings. The van der Waals surface area contributed by atoms with Crippen molar-refractivity contribution in [2.45, 2.75) is 45.3 Å². The highest BCUT2D eigenvalue weighted by molar-refractivity contribution is 6.01. The number of piperidine rings is 1. The zero-order chi connectivity index (χ0) is 21.8. The van der Waals surface area contributed by atoms with Crippen LogP contribution in [0.5, 0.6) is 5.75 Å². The smallest absolute Gasteiger partial charge is 0.309 e. The largest absolute Gasteiger partial charge is 0.497 e. The molecule has 0 bridgehead atoms. The van der Waals surface area contributed by atoms with Crippen LogP contribution in [0.15, 0.2) is 53.7 Å². The predicted octanol–water partition coefficient (Wildman–Crippen LogP) is 4.25. The molecular weight excluding hydrogens is 392 g/mol. The van der Waals surface area contributed by atoms with Gasteiger partial charge in [0.25, 0.3) is 0 Å². The second kappa shape index (κ2) is 9.10. The molecule has 2 aromatic rings. The van der Waals surface area contributed by atoms with Crippen LogP contribution in [0, 0.1) is 12.3 Å². The Balaban J connectivity index is 1.35. The summed E-state index contributed by atoms with van der Waals surface area (Å²) in [6.45, 7) is 4.36. The molecule has 0 saturated carbocycles. The first-order valence-corrected chi connectivity index (χ1v) is 10.9. The number of hydrogen-bond donors (Lipinski definition) is 1. The molecular formula is C25H30N2O4. The summed E-state index contributed by atoms with van der Waals surface area (Å²) in [6, 6.07) is 16.2. The molecule has 2 heterocycles. The monoisotopic (exact) mass is 422 g/mol. The summed E-state index contributed by atoms with van der Waals surface area (Å²) in [5.41, 5.74) is 3.57. The van der Waals surface area contributed by atoms with E-state index in [1.54, 1.807) is 7.11 Å². The number of nitrogens with zero attached hydrogens (tertiary/aromatic N) is 2. The lowest BCUT2D eigenvalue weighted by atomic mass is 9.73. The fourth-order valence-corrected chi connectivity index (χ4v) is 4.56. The third kappa shape index (κ3) is 4.90. The number of likely N-dealkylation sites (tertiary alicyclic amines) is 1. The lowest BCUT2D eigenvalue weighted by Gasteiger charge is -2.39. The van der Waals surface area contributed by atoms with Crippen LogP contribution in [-0.2, 0) is 16.2 Å². The zero-order valence-electron chi connectivity index (χ0n) is 18.2. The minimum Gasteiger partial charge on any atom is -0.497 e. The van der Waals surface area contributed by atoms with Crippen LogP contribution in [0.1, 0.15) is 42.4 Å². The number of oxime groups is 1. The minimum atomic E-state index is -0.756. The highest BCUT2D eigenvalue weighted by Gasteiger charge is 2.44. The fraction of sp³-hybridized carbons (Fsp3) is 0.440. The van der Waals surface area contributed by atoms with Crippen LogP contribution < -0.4 is 4.74 Å². The molecule has 4 rings (SSSR count). The topological polar surface area (TPSA) is 71.4 Å². The van der Waals surface area contributed by atoms with E-state index >= 15 is 0 Å². The van der Waals surface area contributed by atoms with E-state index in [-0.39, 0.29) is 6.10 Å². The molecule has 2 aromatic carbocycles. The highest BCUT2D eigenvalue weighted by atomic mass is 16.6. The molecule has 164 valence electrons. The SMILES string of the molecule is COc1cccc(CN2CCC(CC3CC(c4ccc(C)cc4)=NO3)(C(=O)O)CC2)c1. The molecule has 2 aliphatic rings. The third-order valence-electron chi connectivity index (χ3n) is 6.54. The number of methoxy groups -OCH3 is 1. The lowest BCUT2D eigenvalue weighted by molar-refractivity contribution is -0.155. The Labute approximate surface area is 183 Å². The number of aliphatic carboxylic acids is 1. The van der Waals surface area contributed by atoms with Crippen molar-refractivity contribution in [3.05, 3.63) is 65.2 Å². The summed E-state index contributed by atoms with van der Waals surface area (Å²) in [5.74, 6) is 0.123. The van der Waals surface area contributed by atoms with Crippen molar-refractivity contribution in [3.8, 4) is 5.75 Å². The molecule has 6 heteroatoms. The Morgan fingerprint density at radius 1 is 1.23 bits per heavy atom. The van der Waals surface area contributed by atoms with Gasteiger partial charge in [-0.1, -0.05) is 47.1 Å². The maximum Gasteiger partial charge on any atom is 0.309 e. The van der Waals surface area contributed by atoms with Gasteiger partial charge in [0, 0.05) is 19.4 Å². The highest BCUT2D eigenvalue weighted by Crippen LogP contribution is 2.39. The molecule has 1 unspecified atom stereocenters. The van der Waals surface area contributed by atoms with E-state index in [0.29, 0.717) is 25.7 Å². The Bertz CT molecular complexity index is 946. The first-order chi connectivity index (χ1) is 15.0. The van der Waals surface area contributed by atoms with Gasteiger partial charge < -0.3 is 14.7 Å². The first kappa shape index (κ1) is 21.4. The molecule has 0 aromatic heterocycles. The molecule has 2 aliphatic heterocycles. The van der Waals surface area contributed by atoms with Gasteiger partial charge >= 0.3 is 5.97 Å². The van der Waals surface area contributed by atoms with Crippen molar-refractivity contribution in [2.75, 3.05) is 20.2 Å². The number of rotatable bonds is 7.